The molecule has 2 unspecified atom stereocenters. The van der Waals surface area contributed by atoms with Crippen LogP contribution in [-0.2, 0) is 11.2 Å². The Morgan fingerprint density at radius 3 is 2.86 bits per heavy atom. The summed E-state index contributed by atoms with van der Waals surface area (Å²) >= 11 is 0. The smallest absolute Gasteiger partial charge is 0.410 e. The maximum atomic E-state index is 13.2. The molecule has 122 valence electrons. The Labute approximate surface area is 130 Å². The van der Waals surface area contributed by atoms with Crippen molar-refractivity contribution in [2.45, 2.75) is 45.3 Å². The largest absolute Gasteiger partial charge is 0.444 e. The minimum absolute atomic E-state index is 0.00390. The average Bonchev–Trinajstić information content (AvgIpc) is 2.86. The number of carbonyl (C=O) groups is 1. The summed E-state index contributed by atoms with van der Waals surface area (Å²) in [6, 6.07) is 6.26. The van der Waals surface area contributed by atoms with Crippen LogP contribution in [-0.4, -0.2) is 40.9 Å². The van der Waals surface area contributed by atoms with E-state index in [-0.39, 0.29) is 17.8 Å². The second kappa shape index (κ2) is 6.65. The van der Waals surface area contributed by atoms with Crippen LogP contribution in [0.4, 0.5) is 9.18 Å². The average molecular weight is 309 g/mol. The summed E-state index contributed by atoms with van der Waals surface area (Å²) in [6.45, 7) is 6.55. The molecule has 0 bridgehead atoms. The van der Waals surface area contributed by atoms with E-state index in [0.29, 0.717) is 19.5 Å². The second-order valence-corrected chi connectivity index (χ2v) is 6.88. The molecule has 1 heterocycles. The van der Waals surface area contributed by atoms with Crippen LogP contribution in [0.25, 0.3) is 0 Å². The number of nitrogens with zero attached hydrogens (tertiary/aromatic N) is 1. The first-order chi connectivity index (χ1) is 10.2. The van der Waals surface area contributed by atoms with Gasteiger partial charge in [0.2, 0.25) is 0 Å². The highest BCUT2D eigenvalue weighted by atomic mass is 19.1. The van der Waals surface area contributed by atoms with Crippen molar-refractivity contribution < 1.29 is 19.0 Å². The van der Waals surface area contributed by atoms with E-state index in [1.165, 1.54) is 12.1 Å². The minimum Gasteiger partial charge on any atom is -0.444 e. The number of hydrogen-bond donors (Lipinski definition) is 1. The molecule has 0 spiro atoms. The quantitative estimate of drug-likeness (QED) is 0.934. The van der Waals surface area contributed by atoms with Crippen LogP contribution in [0.3, 0.4) is 0 Å². The number of benzene rings is 1. The van der Waals surface area contributed by atoms with E-state index in [9.17, 15) is 14.3 Å². The number of amides is 1. The molecule has 1 fully saturated rings. The molecule has 22 heavy (non-hydrogen) atoms. The number of rotatable bonds is 3. The first kappa shape index (κ1) is 16.7. The van der Waals surface area contributed by atoms with Crippen molar-refractivity contribution in [3.63, 3.8) is 0 Å². The third kappa shape index (κ3) is 4.70. The molecular formula is C17H24FNO3. The van der Waals surface area contributed by atoms with E-state index in [4.69, 9.17) is 4.74 Å². The van der Waals surface area contributed by atoms with Gasteiger partial charge >= 0.3 is 6.09 Å². The van der Waals surface area contributed by atoms with Gasteiger partial charge in [0.25, 0.3) is 0 Å². The highest BCUT2D eigenvalue weighted by Gasteiger charge is 2.33. The number of hydrogen-bond acceptors (Lipinski definition) is 3. The van der Waals surface area contributed by atoms with E-state index in [1.54, 1.807) is 17.0 Å². The van der Waals surface area contributed by atoms with E-state index < -0.39 is 11.7 Å². The Balaban J connectivity index is 1.88. The number of aliphatic hydroxyl groups excluding tert-OH is 1. The number of ether oxygens (including phenoxy) is 1. The third-order valence-corrected chi connectivity index (χ3v) is 3.75. The van der Waals surface area contributed by atoms with Crippen LogP contribution in [0.2, 0.25) is 0 Å². The number of carbonyl (C=O) groups excluding carboxylic acids is 1. The van der Waals surface area contributed by atoms with Gasteiger partial charge in [-0.05, 0) is 51.3 Å². The SMILES string of the molecule is CC(C)(C)OC(=O)N1CCC(C(O)Cc2cccc(F)c2)C1. The molecule has 0 aliphatic carbocycles. The van der Waals surface area contributed by atoms with Gasteiger partial charge in [0.15, 0.2) is 0 Å². The Hall–Kier alpha value is -1.62. The van der Waals surface area contributed by atoms with E-state index in [2.05, 4.69) is 0 Å². The normalized spacial score (nSPS) is 20.0. The Kier molecular flexibility index (Phi) is 5.06. The van der Waals surface area contributed by atoms with Gasteiger partial charge in [-0.25, -0.2) is 9.18 Å². The van der Waals surface area contributed by atoms with Crippen molar-refractivity contribution in [3.8, 4) is 0 Å². The van der Waals surface area contributed by atoms with Gasteiger partial charge in [0, 0.05) is 19.0 Å². The van der Waals surface area contributed by atoms with Crippen LogP contribution in [0.15, 0.2) is 24.3 Å². The lowest BCUT2D eigenvalue weighted by atomic mass is 9.95. The zero-order valence-electron chi connectivity index (χ0n) is 13.4. The highest BCUT2D eigenvalue weighted by Crippen LogP contribution is 2.24. The number of likely N-dealkylation sites (tertiary alicyclic amines) is 1. The predicted octanol–water partition coefficient (Wildman–Crippen LogP) is 2.99. The van der Waals surface area contributed by atoms with Crippen molar-refractivity contribution in [2.24, 2.45) is 5.92 Å². The summed E-state index contributed by atoms with van der Waals surface area (Å²) < 4.78 is 18.5. The van der Waals surface area contributed by atoms with Crippen molar-refractivity contribution >= 4 is 6.09 Å². The summed E-state index contributed by atoms with van der Waals surface area (Å²) in [7, 11) is 0. The lowest BCUT2D eigenvalue weighted by Crippen LogP contribution is -2.36. The molecule has 4 nitrogen and oxygen atoms in total. The second-order valence-electron chi connectivity index (χ2n) is 6.88. The molecule has 1 aromatic carbocycles. The van der Waals surface area contributed by atoms with Gasteiger partial charge < -0.3 is 14.7 Å². The van der Waals surface area contributed by atoms with Crippen molar-refractivity contribution in [3.05, 3.63) is 35.6 Å². The molecule has 0 radical (unpaired) electrons. The zero-order chi connectivity index (χ0) is 16.3. The maximum Gasteiger partial charge on any atom is 0.410 e. The molecule has 1 saturated heterocycles. The Morgan fingerprint density at radius 2 is 2.23 bits per heavy atom. The Bertz CT molecular complexity index is 527. The van der Waals surface area contributed by atoms with Crippen LogP contribution in [0.5, 0.6) is 0 Å². The van der Waals surface area contributed by atoms with E-state index >= 15 is 0 Å². The molecule has 2 rings (SSSR count). The summed E-state index contributed by atoms with van der Waals surface area (Å²) in [4.78, 5) is 13.6. The van der Waals surface area contributed by atoms with Gasteiger partial charge in [-0.3, -0.25) is 0 Å². The lowest BCUT2D eigenvalue weighted by molar-refractivity contribution is 0.0269. The molecule has 1 aliphatic heterocycles. The standard InChI is InChI=1S/C17H24FNO3/c1-17(2,3)22-16(21)19-8-7-13(11-19)15(20)10-12-5-4-6-14(18)9-12/h4-6,9,13,15,20H,7-8,10-11H2,1-3H3. The highest BCUT2D eigenvalue weighted by molar-refractivity contribution is 5.68. The fraction of sp³-hybridized carbons (Fsp3) is 0.588. The molecule has 1 N–H and O–H groups in total. The van der Waals surface area contributed by atoms with Crippen LogP contribution >= 0.6 is 0 Å². The number of halogens is 1. The van der Waals surface area contributed by atoms with Gasteiger partial charge in [-0.15, -0.1) is 0 Å². The van der Waals surface area contributed by atoms with Gasteiger partial charge in [0.05, 0.1) is 6.10 Å². The molecule has 2 atom stereocenters. The molecule has 5 heteroatoms. The van der Waals surface area contributed by atoms with Crippen molar-refractivity contribution in [1.29, 1.82) is 0 Å². The topological polar surface area (TPSA) is 49.8 Å². The van der Waals surface area contributed by atoms with Crippen molar-refractivity contribution in [1.82, 2.24) is 4.90 Å². The molecule has 0 aromatic heterocycles. The van der Waals surface area contributed by atoms with Gasteiger partial charge in [-0.2, -0.15) is 0 Å². The van der Waals surface area contributed by atoms with Crippen LogP contribution in [0.1, 0.15) is 32.8 Å². The predicted molar refractivity (Wildman–Crippen MR) is 82.0 cm³/mol. The molecule has 0 saturated carbocycles. The third-order valence-electron chi connectivity index (χ3n) is 3.75. The first-order valence-electron chi connectivity index (χ1n) is 7.65. The van der Waals surface area contributed by atoms with Crippen molar-refractivity contribution in [2.75, 3.05) is 13.1 Å². The van der Waals surface area contributed by atoms with Gasteiger partial charge in [-0.1, -0.05) is 12.1 Å². The summed E-state index contributed by atoms with van der Waals surface area (Å²) in [5.41, 5.74) is 0.248. The molecule has 1 aromatic rings. The van der Waals surface area contributed by atoms with E-state index in [0.717, 1.165) is 12.0 Å². The molecule has 1 amide bonds. The minimum atomic E-state index is -0.589. The maximum absolute atomic E-state index is 13.2. The molecular weight excluding hydrogens is 285 g/mol. The lowest BCUT2D eigenvalue weighted by Gasteiger charge is -2.25. The summed E-state index contributed by atoms with van der Waals surface area (Å²) in [5, 5.41) is 10.3. The number of aliphatic hydroxyl groups is 1. The van der Waals surface area contributed by atoms with Gasteiger partial charge in [0.1, 0.15) is 11.4 Å². The first-order valence-corrected chi connectivity index (χ1v) is 7.65. The van der Waals surface area contributed by atoms with Crippen LogP contribution < -0.4 is 0 Å². The zero-order valence-corrected chi connectivity index (χ0v) is 13.4. The molecule has 1 aliphatic rings. The van der Waals surface area contributed by atoms with E-state index in [1.807, 2.05) is 20.8 Å². The monoisotopic (exact) mass is 309 g/mol. The fourth-order valence-electron chi connectivity index (χ4n) is 2.67. The summed E-state index contributed by atoms with van der Waals surface area (Å²) in [6.07, 6.45) is 0.197. The van der Waals surface area contributed by atoms with Crippen LogP contribution in [0, 0.1) is 11.7 Å². The summed E-state index contributed by atoms with van der Waals surface area (Å²) in [5.74, 6) is -0.303. The fourth-order valence-corrected chi connectivity index (χ4v) is 2.67. The Morgan fingerprint density at radius 1 is 1.50 bits per heavy atom.